The van der Waals surface area contributed by atoms with Gasteiger partial charge in [-0.15, -0.1) is 0 Å². The number of piperidine rings is 1. The van der Waals surface area contributed by atoms with Crippen LogP contribution in [0.25, 0.3) is 0 Å². The molecule has 0 aromatic heterocycles. The smallest absolute Gasteiger partial charge is 0.0435 e. The largest absolute Gasteiger partial charge is 0.310 e. The Labute approximate surface area is 96.8 Å². The van der Waals surface area contributed by atoms with Gasteiger partial charge < -0.3 is 5.32 Å². The van der Waals surface area contributed by atoms with E-state index in [2.05, 4.69) is 31.3 Å². The first kappa shape index (κ1) is 11.0. The van der Waals surface area contributed by atoms with Crippen molar-refractivity contribution in [2.24, 2.45) is 5.92 Å². The SMILES string of the molecule is Cc1cc([C@H]2CC[C@H](C)CN2)ccc1Cl. The Balaban J connectivity index is 2.12. The number of hydrogen-bond acceptors (Lipinski definition) is 1. The standard InChI is InChI=1S/C13H18ClN/c1-9-3-6-13(15-8-9)11-4-5-12(14)10(2)7-11/h4-5,7,9,13,15H,3,6,8H2,1-2H3/t9-,13+/m0/s1. The fourth-order valence-electron chi connectivity index (χ4n) is 2.17. The molecule has 0 radical (unpaired) electrons. The number of hydrogen-bond donors (Lipinski definition) is 1. The van der Waals surface area contributed by atoms with Gasteiger partial charge in [-0.1, -0.05) is 30.7 Å². The number of nitrogens with one attached hydrogen (secondary N) is 1. The van der Waals surface area contributed by atoms with Crippen molar-refractivity contribution in [1.29, 1.82) is 0 Å². The molecule has 1 heterocycles. The molecular weight excluding hydrogens is 206 g/mol. The molecule has 1 aromatic rings. The van der Waals surface area contributed by atoms with Crippen LogP contribution in [0.4, 0.5) is 0 Å². The van der Waals surface area contributed by atoms with Crippen molar-refractivity contribution < 1.29 is 0 Å². The van der Waals surface area contributed by atoms with E-state index in [1.807, 2.05) is 6.07 Å². The second-order valence-electron chi connectivity index (χ2n) is 4.65. The molecule has 1 nitrogen and oxygen atoms in total. The van der Waals surface area contributed by atoms with Crippen molar-refractivity contribution in [2.75, 3.05) is 6.54 Å². The lowest BCUT2D eigenvalue weighted by molar-refractivity contribution is 0.333. The lowest BCUT2D eigenvalue weighted by atomic mass is 9.91. The first-order valence-corrected chi connectivity index (χ1v) is 6.04. The fourth-order valence-corrected chi connectivity index (χ4v) is 2.29. The van der Waals surface area contributed by atoms with Crippen molar-refractivity contribution in [2.45, 2.75) is 32.7 Å². The summed E-state index contributed by atoms with van der Waals surface area (Å²) in [6, 6.07) is 6.88. The zero-order valence-corrected chi connectivity index (χ0v) is 10.1. The molecule has 0 spiro atoms. The molecule has 2 atom stereocenters. The van der Waals surface area contributed by atoms with Gasteiger partial charge in [0.05, 0.1) is 0 Å². The van der Waals surface area contributed by atoms with Crippen molar-refractivity contribution in [3.8, 4) is 0 Å². The highest BCUT2D eigenvalue weighted by Gasteiger charge is 2.18. The van der Waals surface area contributed by atoms with E-state index in [9.17, 15) is 0 Å². The minimum Gasteiger partial charge on any atom is -0.310 e. The summed E-state index contributed by atoms with van der Waals surface area (Å²) < 4.78 is 0. The number of benzene rings is 1. The molecule has 1 fully saturated rings. The Morgan fingerprint density at radius 3 is 2.73 bits per heavy atom. The molecule has 0 bridgehead atoms. The second-order valence-corrected chi connectivity index (χ2v) is 5.06. The maximum atomic E-state index is 6.02. The summed E-state index contributed by atoms with van der Waals surface area (Å²) in [5.74, 6) is 0.814. The van der Waals surface area contributed by atoms with Crippen molar-refractivity contribution >= 4 is 11.6 Å². The third-order valence-corrected chi connectivity index (χ3v) is 3.67. The Hall–Kier alpha value is -0.530. The van der Waals surface area contributed by atoms with E-state index in [1.54, 1.807) is 0 Å². The van der Waals surface area contributed by atoms with E-state index in [0.29, 0.717) is 6.04 Å². The minimum atomic E-state index is 0.525. The highest BCUT2D eigenvalue weighted by Crippen LogP contribution is 2.27. The summed E-state index contributed by atoms with van der Waals surface area (Å²) in [7, 11) is 0. The average molecular weight is 224 g/mol. The van der Waals surface area contributed by atoms with Crippen molar-refractivity contribution in [3.05, 3.63) is 34.3 Å². The van der Waals surface area contributed by atoms with E-state index in [1.165, 1.54) is 24.0 Å². The highest BCUT2D eigenvalue weighted by atomic mass is 35.5. The van der Waals surface area contributed by atoms with E-state index in [4.69, 9.17) is 11.6 Å². The maximum Gasteiger partial charge on any atom is 0.0435 e. The minimum absolute atomic E-state index is 0.525. The molecule has 1 aliphatic rings. The van der Waals surface area contributed by atoms with Gasteiger partial charge in [0, 0.05) is 11.1 Å². The molecule has 0 saturated carbocycles. The van der Waals surface area contributed by atoms with Crippen LogP contribution in [-0.4, -0.2) is 6.54 Å². The number of halogens is 1. The Bertz CT molecular complexity index is 340. The van der Waals surface area contributed by atoms with Gasteiger partial charge in [-0.3, -0.25) is 0 Å². The molecule has 2 heteroatoms. The first-order valence-electron chi connectivity index (χ1n) is 5.66. The van der Waals surface area contributed by atoms with Crippen LogP contribution in [0, 0.1) is 12.8 Å². The Morgan fingerprint density at radius 2 is 2.13 bits per heavy atom. The molecule has 82 valence electrons. The second kappa shape index (κ2) is 4.54. The molecule has 1 aliphatic heterocycles. The molecule has 1 saturated heterocycles. The third-order valence-electron chi connectivity index (χ3n) is 3.25. The molecule has 0 amide bonds. The topological polar surface area (TPSA) is 12.0 Å². The zero-order valence-electron chi connectivity index (χ0n) is 9.39. The summed E-state index contributed by atoms with van der Waals surface area (Å²) in [5, 5.41) is 4.45. The van der Waals surface area contributed by atoms with E-state index in [-0.39, 0.29) is 0 Å². The summed E-state index contributed by atoms with van der Waals surface area (Å²) in [5.41, 5.74) is 2.55. The predicted molar refractivity (Wildman–Crippen MR) is 65.3 cm³/mol. The number of rotatable bonds is 1. The van der Waals surface area contributed by atoms with Crippen LogP contribution < -0.4 is 5.32 Å². The highest BCUT2D eigenvalue weighted by molar-refractivity contribution is 6.31. The predicted octanol–water partition coefficient (Wildman–Crippen LogP) is 3.71. The summed E-state index contributed by atoms with van der Waals surface area (Å²) in [6.07, 6.45) is 2.56. The molecule has 0 aliphatic carbocycles. The van der Waals surface area contributed by atoms with E-state index < -0.39 is 0 Å². The van der Waals surface area contributed by atoms with Crippen LogP contribution in [-0.2, 0) is 0 Å². The van der Waals surface area contributed by atoms with E-state index >= 15 is 0 Å². The summed E-state index contributed by atoms with van der Waals surface area (Å²) in [4.78, 5) is 0. The lowest BCUT2D eigenvalue weighted by Crippen LogP contribution is -2.31. The molecule has 1 N–H and O–H groups in total. The van der Waals surface area contributed by atoms with Gasteiger partial charge in [-0.05, 0) is 49.4 Å². The summed E-state index contributed by atoms with van der Waals surface area (Å²) in [6.45, 7) is 5.50. The molecule has 1 aromatic carbocycles. The molecule has 0 unspecified atom stereocenters. The quantitative estimate of drug-likeness (QED) is 0.766. The van der Waals surface area contributed by atoms with Crippen LogP contribution in [0.1, 0.15) is 36.9 Å². The van der Waals surface area contributed by atoms with Gasteiger partial charge in [-0.25, -0.2) is 0 Å². The van der Waals surface area contributed by atoms with Gasteiger partial charge in [0.15, 0.2) is 0 Å². The Morgan fingerprint density at radius 1 is 1.33 bits per heavy atom. The van der Waals surface area contributed by atoms with Crippen LogP contribution in [0.2, 0.25) is 5.02 Å². The fraction of sp³-hybridized carbons (Fsp3) is 0.538. The van der Waals surface area contributed by atoms with E-state index in [0.717, 1.165) is 17.5 Å². The molecular formula is C13H18ClN. The number of aryl methyl sites for hydroxylation is 1. The van der Waals surface area contributed by atoms with Gasteiger partial charge in [-0.2, -0.15) is 0 Å². The normalized spacial score (nSPS) is 26.6. The Kier molecular flexibility index (Phi) is 3.32. The molecule has 15 heavy (non-hydrogen) atoms. The molecule has 2 rings (SSSR count). The third kappa shape index (κ3) is 2.53. The van der Waals surface area contributed by atoms with Gasteiger partial charge >= 0.3 is 0 Å². The first-order chi connectivity index (χ1) is 7.16. The van der Waals surface area contributed by atoms with Crippen LogP contribution in [0.5, 0.6) is 0 Å². The average Bonchev–Trinajstić information content (AvgIpc) is 2.23. The summed E-state index contributed by atoms with van der Waals surface area (Å²) >= 11 is 6.02. The van der Waals surface area contributed by atoms with Crippen LogP contribution in [0.15, 0.2) is 18.2 Å². The maximum absolute atomic E-state index is 6.02. The van der Waals surface area contributed by atoms with Gasteiger partial charge in [0.1, 0.15) is 0 Å². The van der Waals surface area contributed by atoms with Gasteiger partial charge in [0.25, 0.3) is 0 Å². The lowest BCUT2D eigenvalue weighted by Gasteiger charge is -2.28. The monoisotopic (exact) mass is 223 g/mol. The zero-order chi connectivity index (χ0) is 10.8. The van der Waals surface area contributed by atoms with Crippen LogP contribution >= 0.6 is 11.6 Å². The van der Waals surface area contributed by atoms with Crippen molar-refractivity contribution in [1.82, 2.24) is 5.32 Å². The van der Waals surface area contributed by atoms with Crippen molar-refractivity contribution in [3.63, 3.8) is 0 Å². The van der Waals surface area contributed by atoms with Crippen LogP contribution in [0.3, 0.4) is 0 Å². The van der Waals surface area contributed by atoms with Gasteiger partial charge in [0.2, 0.25) is 0 Å².